The topological polar surface area (TPSA) is 52.1 Å². The summed E-state index contributed by atoms with van der Waals surface area (Å²) in [7, 11) is 0. The SMILES string of the molecule is C/C(=C\c1ncc(C(=O)CCCCC2COC(C)(C)SC2)nc1C)C1(C(C)(F)F)CC1. The number of hydrogen-bond donors (Lipinski definition) is 0. The highest BCUT2D eigenvalue weighted by molar-refractivity contribution is 8.00. The maximum Gasteiger partial charge on any atom is 0.254 e. The number of allylic oxidation sites excluding steroid dienone is 1. The first-order valence-electron chi connectivity index (χ1n) is 11.1. The Kier molecular flexibility index (Phi) is 7.26. The van der Waals surface area contributed by atoms with Gasteiger partial charge in [0.15, 0.2) is 5.78 Å². The Morgan fingerprint density at radius 3 is 2.61 bits per heavy atom. The van der Waals surface area contributed by atoms with E-state index in [4.69, 9.17) is 4.74 Å². The molecule has 172 valence electrons. The number of ether oxygens (including phenoxy) is 1. The predicted molar refractivity (Wildman–Crippen MR) is 121 cm³/mol. The van der Waals surface area contributed by atoms with Crippen LogP contribution in [0.2, 0.25) is 0 Å². The smallest absolute Gasteiger partial charge is 0.254 e. The van der Waals surface area contributed by atoms with Crippen LogP contribution in [-0.4, -0.2) is 39.0 Å². The van der Waals surface area contributed by atoms with Gasteiger partial charge in [0.2, 0.25) is 0 Å². The first-order valence-corrected chi connectivity index (χ1v) is 12.1. The fourth-order valence-electron chi connectivity index (χ4n) is 4.15. The Morgan fingerprint density at radius 1 is 1.35 bits per heavy atom. The molecular weight excluding hydrogens is 418 g/mol. The zero-order valence-electron chi connectivity index (χ0n) is 19.3. The van der Waals surface area contributed by atoms with Crippen LogP contribution in [0.25, 0.3) is 6.08 Å². The van der Waals surface area contributed by atoms with Gasteiger partial charge in [-0.2, -0.15) is 0 Å². The second kappa shape index (κ2) is 9.26. The van der Waals surface area contributed by atoms with E-state index in [0.29, 0.717) is 47.8 Å². The second-order valence-corrected chi connectivity index (χ2v) is 11.2. The third-order valence-corrected chi connectivity index (χ3v) is 8.02. The molecule has 1 aromatic heterocycles. The zero-order valence-corrected chi connectivity index (χ0v) is 20.1. The van der Waals surface area contributed by atoms with E-state index in [1.165, 1.54) is 6.20 Å². The number of halogens is 2. The van der Waals surface area contributed by atoms with Crippen LogP contribution in [0.4, 0.5) is 8.78 Å². The van der Waals surface area contributed by atoms with Crippen molar-refractivity contribution in [2.24, 2.45) is 11.3 Å². The average molecular weight is 453 g/mol. The quantitative estimate of drug-likeness (QED) is 0.317. The first kappa shape index (κ1) is 24.3. The largest absolute Gasteiger partial charge is 0.365 e. The summed E-state index contributed by atoms with van der Waals surface area (Å²) in [6, 6.07) is 0. The third kappa shape index (κ3) is 5.92. The number of carbonyl (C=O) groups excluding carboxylic acids is 1. The van der Waals surface area contributed by atoms with Crippen LogP contribution in [0.15, 0.2) is 11.8 Å². The van der Waals surface area contributed by atoms with Gasteiger partial charge in [-0.15, -0.1) is 11.8 Å². The molecule has 0 spiro atoms. The van der Waals surface area contributed by atoms with Crippen LogP contribution < -0.4 is 0 Å². The lowest BCUT2D eigenvalue weighted by atomic mass is 9.90. The van der Waals surface area contributed by atoms with Gasteiger partial charge in [-0.05, 0) is 65.4 Å². The number of Topliss-reactive ketones (excluding diaryl/α,β-unsaturated/α-hetero) is 1. The van der Waals surface area contributed by atoms with Gasteiger partial charge in [0.1, 0.15) is 10.6 Å². The Hall–Kier alpha value is -1.34. The molecule has 31 heavy (non-hydrogen) atoms. The van der Waals surface area contributed by atoms with Crippen molar-refractivity contribution in [3.05, 3.63) is 28.9 Å². The van der Waals surface area contributed by atoms with Gasteiger partial charge in [0.25, 0.3) is 5.92 Å². The Labute approximate surface area is 188 Å². The van der Waals surface area contributed by atoms with Crippen molar-refractivity contribution in [2.75, 3.05) is 12.4 Å². The van der Waals surface area contributed by atoms with Crippen molar-refractivity contribution in [3.8, 4) is 0 Å². The molecule has 1 aliphatic heterocycles. The van der Waals surface area contributed by atoms with Gasteiger partial charge in [-0.1, -0.05) is 12.0 Å². The number of aryl methyl sites for hydroxylation is 1. The summed E-state index contributed by atoms with van der Waals surface area (Å²) in [6.07, 6.45) is 7.47. The van der Waals surface area contributed by atoms with Gasteiger partial charge in [-0.25, -0.2) is 13.8 Å². The van der Waals surface area contributed by atoms with Crippen molar-refractivity contribution >= 4 is 23.6 Å². The molecule has 4 nitrogen and oxygen atoms in total. The molecule has 1 aromatic rings. The van der Waals surface area contributed by atoms with Crippen LogP contribution in [0.5, 0.6) is 0 Å². The first-order chi connectivity index (χ1) is 14.4. The highest BCUT2D eigenvalue weighted by Crippen LogP contribution is 2.61. The molecule has 0 bridgehead atoms. The molecule has 3 rings (SSSR count). The van der Waals surface area contributed by atoms with E-state index in [-0.39, 0.29) is 10.7 Å². The van der Waals surface area contributed by atoms with E-state index in [1.54, 1.807) is 19.9 Å². The van der Waals surface area contributed by atoms with Crippen molar-refractivity contribution in [1.29, 1.82) is 0 Å². The standard InChI is InChI=1S/C24H34F2N2O2S/c1-16(24(10-11-24)23(5,25)26)12-19-17(2)28-20(13-27-19)21(29)9-7-6-8-18-14-30-22(3,4)31-15-18/h12-13,18H,6-11,14-15H2,1-5H3/b16-12+. The van der Waals surface area contributed by atoms with E-state index in [0.717, 1.165) is 38.5 Å². The lowest BCUT2D eigenvalue weighted by molar-refractivity contribution is -0.0378. The monoisotopic (exact) mass is 452 g/mol. The van der Waals surface area contributed by atoms with E-state index in [1.807, 2.05) is 11.8 Å². The molecule has 2 aliphatic rings. The van der Waals surface area contributed by atoms with E-state index in [9.17, 15) is 13.6 Å². The number of hydrogen-bond acceptors (Lipinski definition) is 5. The third-order valence-electron chi connectivity index (χ3n) is 6.57. The number of ketones is 1. The number of unbranched alkanes of at least 4 members (excludes halogenated alkanes) is 1. The van der Waals surface area contributed by atoms with Gasteiger partial charge >= 0.3 is 0 Å². The molecule has 1 atom stereocenters. The summed E-state index contributed by atoms with van der Waals surface area (Å²) < 4.78 is 33.8. The molecule has 1 unspecified atom stereocenters. The van der Waals surface area contributed by atoms with Crippen LogP contribution in [-0.2, 0) is 4.74 Å². The molecule has 0 aromatic carbocycles. The summed E-state index contributed by atoms with van der Waals surface area (Å²) in [5.41, 5.74) is 1.09. The number of carbonyl (C=O) groups is 1. The highest BCUT2D eigenvalue weighted by Gasteiger charge is 2.59. The minimum atomic E-state index is -2.75. The minimum absolute atomic E-state index is 0.0167. The lowest BCUT2D eigenvalue weighted by Crippen LogP contribution is -2.31. The van der Waals surface area contributed by atoms with Crippen molar-refractivity contribution < 1.29 is 18.3 Å². The van der Waals surface area contributed by atoms with E-state index >= 15 is 0 Å². The number of thioether (sulfide) groups is 1. The van der Waals surface area contributed by atoms with E-state index in [2.05, 4.69) is 23.8 Å². The highest BCUT2D eigenvalue weighted by atomic mass is 32.2. The zero-order chi connectivity index (χ0) is 22.9. The molecule has 0 N–H and O–H groups in total. The van der Waals surface area contributed by atoms with Gasteiger partial charge < -0.3 is 4.74 Å². The molecule has 0 amide bonds. The maximum atomic E-state index is 14.0. The minimum Gasteiger partial charge on any atom is -0.365 e. The Balaban J connectivity index is 1.50. The number of nitrogens with zero attached hydrogens (tertiary/aromatic N) is 2. The normalized spacial score (nSPS) is 22.9. The summed E-state index contributed by atoms with van der Waals surface area (Å²) in [5.74, 6) is -1.11. The Bertz CT molecular complexity index is 834. The van der Waals surface area contributed by atoms with Gasteiger partial charge in [0.05, 0.1) is 29.6 Å². The van der Waals surface area contributed by atoms with Gasteiger partial charge in [0, 0.05) is 19.1 Å². The number of alkyl halides is 2. The molecule has 2 heterocycles. The van der Waals surface area contributed by atoms with Crippen LogP contribution in [0.1, 0.15) is 88.1 Å². The van der Waals surface area contributed by atoms with Gasteiger partial charge in [-0.3, -0.25) is 9.78 Å². The summed E-state index contributed by atoms with van der Waals surface area (Å²) >= 11 is 1.85. The van der Waals surface area contributed by atoms with Crippen LogP contribution >= 0.6 is 11.8 Å². The summed E-state index contributed by atoms with van der Waals surface area (Å²) in [4.78, 5) is 21.2. The second-order valence-electron chi connectivity index (χ2n) is 9.58. The lowest BCUT2D eigenvalue weighted by Gasteiger charge is -2.34. The molecule has 0 radical (unpaired) electrons. The summed E-state index contributed by atoms with van der Waals surface area (Å²) in [5, 5.41) is 0. The van der Waals surface area contributed by atoms with Crippen molar-refractivity contribution in [3.63, 3.8) is 0 Å². The fraction of sp³-hybridized carbons (Fsp3) is 0.708. The molecule has 1 saturated carbocycles. The molecule has 1 saturated heterocycles. The Morgan fingerprint density at radius 2 is 2.06 bits per heavy atom. The van der Waals surface area contributed by atoms with Crippen LogP contribution in [0.3, 0.4) is 0 Å². The van der Waals surface area contributed by atoms with Crippen molar-refractivity contribution in [2.45, 2.75) is 84.0 Å². The predicted octanol–water partition coefficient (Wildman–Crippen LogP) is 6.48. The van der Waals surface area contributed by atoms with Crippen LogP contribution in [0, 0.1) is 18.3 Å². The van der Waals surface area contributed by atoms with E-state index < -0.39 is 11.3 Å². The fourth-order valence-corrected chi connectivity index (χ4v) is 5.21. The molecule has 7 heteroatoms. The molecular formula is C24H34F2N2O2S. The van der Waals surface area contributed by atoms with Crippen molar-refractivity contribution in [1.82, 2.24) is 9.97 Å². The maximum absolute atomic E-state index is 14.0. The number of aromatic nitrogens is 2. The molecule has 1 aliphatic carbocycles. The number of rotatable bonds is 9. The summed E-state index contributed by atoms with van der Waals surface area (Å²) in [6.45, 7) is 9.48. The molecule has 2 fully saturated rings. The average Bonchev–Trinajstić information content (AvgIpc) is 3.50.